The number of nitrogens with zero attached hydrogens (tertiary/aromatic N) is 2. The monoisotopic (exact) mass is 299 g/mol. The molecule has 0 aliphatic rings. The number of hydrogen-bond acceptors (Lipinski definition) is 5. The summed E-state index contributed by atoms with van der Waals surface area (Å²) in [4.78, 5) is 19.4. The molecule has 7 heteroatoms. The lowest BCUT2D eigenvalue weighted by Gasteiger charge is -2.01. The minimum atomic E-state index is -0.486. The van der Waals surface area contributed by atoms with E-state index in [-0.39, 0.29) is 11.4 Å². The Morgan fingerprint density at radius 2 is 2.31 bits per heavy atom. The van der Waals surface area contributed by atoms with Crippen molar-refractivity contribution in [1.29, 1.82) is 0 Å². The number of aromatic nitrogens is 2. The lowest BCUT2D eigenvalue weighted by molar-refractivity contribution is 0.101. The Labute approximate surface area is 103 Å². The van der Waals surface area contributed by atoms with E-state index in [4.69, 9.17) is 0 Å². The van der Waals surface area contributed by atoms with E-state index in [1.807, 2.05) is 0 Å². The fraction of sp³-hybridized carbons (Fsp3) is 0. The third-order valence-electron chi connectivity index (χ3n) is 1.70. The summed E-state index contributed by atoms with van der Waals surface area (Å²) >= 11 is 4.51. The van der Waals surface area contributed by atoms with E-state index in [0.29, 0.717) is 5.13 Å². The molecule has 2 aromatic rings. The Kier molecular flexibility index (Phi) is 3.16. The Morgan fingerprint density at radius 1 is 1.50 bits per heavy atom. The molecule has 0 unspecified atom stereocenters. The highest BCUT2D eigenvalue weighted by atomic mass is 79.9. The number of pyridine rings is 1. The second-order valence-electron chi connectivity index (χ2n) is 2.79. The molecule has 2 heterocycles. The normalized spacial score (nSPS) is 10.1. The number of thiazole rings is 1. The second-order valence-corrected chi connectivity index (χ2v) is 5.20. The summed E-state index contributed by atoms with van der Waals surface area (Å²) in [5.74, 6) is -0.643. The first kappa shape index (κ1) is 11.0. The minimum Gasteiger partial charge on any atom is -0.505 e. The molecule has 0 saturated heterocycles. The smallest absolute Gasteiger partial charge is 0.279 e. The molecule has 2 rings (SSSR count). The van der Waals surface area contributed by atoms with Crippen molar-refractivity contribution in [1.82, 2.24) is 9.97 Å². The van der Waals surface area contributed by atoms with Gasteiger partial charge in [-0.2, -0.15) is 0 Å². The quantitative estimate of drug-likeness (QED) is 0.892. The van der Waals surface area contributed by atoms with Gasteiger partial charge in [0.05, 0.1) is 9.98 Å². The fourth-order valence-electron chi connectivity index (χ4n) is 1.04. The predicted octanol–water partition coefficient (Wildman–Crippen LogP) is 2.26. The number of amides is 1. The number of carbonyl (C=O) groups excluding carboxylic acids is 1. The molecular weight excluding hydrogens is 294 g/mol. The van der Waals surface area contributed by atoms with Gasteiger partial charge in [0.1, 0.15) is 5.75 Å². The van der Waals surface area contributed by atoms with Crippen LogP contribution < -0.4 is 5.32 Å². The number of hydrogen-bond donors (Lipinski definition) is 2. The van der Waals surface area contributed by atoms with Crippen LogP contribution in [0.5, 0.6) is 5.75 Å². The predicted molar refractivity (Wildman–Crippen MR) is 63.7 cm³/mol. The number of halogens is 1. The maximum atomic E-state index is 11.7. The number of aromatic hydroxyl groups is 1. The third-order valence-corrected chi connectivity index (χ3v) is 3.09. The summed E-state index contributed by atoms with van der Waals surface area (Å²) in [5.41, 5.74) is -0.0196. The zero-order chi connectivity index (χ0) is 11.5. The summed E-state index contributed by atoms with van der Waals surface area (Å²) in [7, 11) is 0. The fourth-order valence-corrected chi connectivity index (χ4v) is 2.14. The number of nitrogens with one attached hydrogen (secondary N) is 1. The third kappa shape index (κ3) is 2.37. The summed E-state index contributed by atoms with van der Waals surface area (Å²) in [6.07, 6.45) is 3.02. The molecule has 0 aliphatic heterocycles. The van der Waals surface area contributed by atoms with Crippen molar-refractivity contribution in [2.45, 2.75) is 0 Å². The van der Waals surface area contributed by atoms with Crippen LogP contribution in [-0.2, 0) is 0 Å². The maximum Gasteiger partial charge on any atom is 0.279 e. The van der Waals surface area contributed by atoms with E-state index < -0.39 is 5.91 Å². The molecule has 0 radical (unpaired) electrons. The molecule has 0 aliphatic carbocycles. The van der Waals surface area contributed by atoms with Crippen LogP contribution in [0, 0.1) is 0 Å². The molecule has 0 fully saturated rings. The van der Waals surface area contributed by atoms with Crippen LogP contribution in [-0.4, -0.2) is 21.0 Å². The van der Waals surface area contributed by atoms with Crippen molar-refractivity contribution in [3.63, 3.8) is 0 Å². The first-order chi connectivity index (χ1) is 7.66. The van der Waals surface area contributed by atoms with E-state index in [9.17, 15) is 9.90 Å². The highest BCUT2D eigenvalue weighted by Crippen LogP contribution is 2.24. The summed E-state index contributed by atoms with van der Waals surface area (Å²) in [6, 6.07) is 2.95. The SMILES string of the molecule is O=C(Nc1ncc(Br)s1)c1ncccc1O. The molecule has 2 aromatic heterocycles. The highest BCUT2D eigenvalue weighted by Gasteiger charge is 2.13. The second kappa shape index (κ2) is 4.58. The van der Waals surface area contributed by atoms with E-state index in [2.05, 4.69) is 31.2 Å². The van der Waals surface area contributed by atoms with Crippen molar-refractivity contribution in [3.05, 3.63) is 34.0 Å². The van der Waals surface area contributed by atoms with E-state index >= 15 is 0 Å². The Hall–Kier alpha value is -1.47. The average molecular weight is 300 g/mol. The van der Waals surface area contributed by atoms with Crippen molar-refractivity contribution >= 4 is 38.3 Å². The number of rotatable bonds is 2. The Balaban J connectivity index is 2.18. The van der Waals surface area contributed by atoms with Crippen LogP contribution in [0.25, 0.3) is 0 Å². The average Bonchev–Trinajstić information content (AvgIpc) is 2.64. The molecule has 2 N–H and O–H groups in total. The zero-order valence-electron chi connectivity index (χ0n) is 7.85. The van der Waals surface area contributed by atoms with Gasteiger partial charge in [0, 0.05) is 6.20 Å². The van der Waals surface area contributed by atoms with Crippen LogP contribution in [0.1, 0.15) is 10.5 Å². The molecule has 5 nitrogen and oxygen atoms in total. The van der Waals surface area contributed by atoms with Gasteiger partial charge in [0.25, 0.3) is 5.91 Å². The first-order valence-electron chi connectivity index (χ1n) is 4.23. The molecule has 16 heavy (non-hydrogen) atoms. The van der Waals surface area contributed by atoms with Gasteiger partial charge < -0.3 is 5.11 Å². The topological polar surface area (TPSA) is 75.1 Å². The van der Waals surface area contributed by atoms with Crippen molar-refractivity contribution in [2.24, 2.45) is 0 Å². The molecule has 0 spiro atoms. The van der Waals surface area contributed by atoms with Crippen LogP contribution in [0.3, 0.4) is 0 Å². The van der Waals surface area contributed by atoms with Crippen molar-refractivity contribution in [2.75, 3.05) is 5.32 Å². The largest absolute Gasteiger partial charge is 0.505 e. The number of anilines is 1. The molecule has 0 bridgehead atoms. The van der Waals surface area contributed by atoms with Crippen LogP contribution in [0.2, 0.25) is 0 Å². The van der Waals surface area contributed by atoms with Crippen LogP contribution >= 0.6 is 27.3 Å². The first-order valence-corrected chi connectivity index (χ1v) is 5.84. The van der Waals surface area contributed by atoms with Gasteiger partial charge in [0.2, 0.25) is 0 Å². The van der Waals surface area contributed by atoms with Crippen molar-refractivity contribution in [3.8, 4) is 5.75 Å². The minimum absolute atomic E-state index is 0.0196. The number of carbonyl (C=O) groups is 1. The van der Waals surface area contributed by atoms with E-state index in [1.54, 1.807) is 12.3 Å². The summed E-state index contributed by atoms with van der Waals surface area (Å²) < 4.78 is 0.813. The van der Waals surface area contributed by atoms with Gasteiger partial charge in [-0.25, -0.2) is 9.97 Å². The van der Waals surface area contributed by atoms with Gasteiger partial charge >= 0.3 is 0 Å². The maximum absolute atomic E-state index is 11.7. The molecule has 0 aromatic carbocycles. The summed E-state index contributed by atoms with van der Waals surface area (Å²) in [6.45, 7) is 0. The van der Waals surface area contributed by atoms with Gasteiger partial charge in [0.15, 0.2) is 10.8 Å². The van der Waals surface area contributed by atoms with E-state index in [0.717, 1.165) is 3.79 Å². The lowest BCUT2D eigenvalue weighted by Crippen LogP contribution is -2.13. The van der Waals surface area contributed by atoms with Crippen LogP contribution in [0.4, 0.5) is 5.13 Å². The van der Waals surface area contributed by atoms with Gasteiger partial charge in [-0.3, -0.25) is 10.1 Å². The highest BCUT2D eigenvalue weighted by molar-refractivity contribution is 9.11. The molecule has 82 valence electrons. The molecule has 0 saturated carbocycles. The van der Waals surface area contributed by atoms with E-state index in [1.165, 1.54) is 23.6 Å². The summed E-state index contributed by atoms with van der Waals surface area (Å²) in [5, 5.41) is 12.4. The molecular formula is C9H6BrN3O2S. The Morgan fingerprint density at radius 3 is 2.94 bits per heavy atom. The standard InChI is InChI=1S/C9H6BrN3O2S/c10-6-4-12-9(16-6)13-8(15)7-5(14)2-1-3-11-7/h1-4,14H,(H,12,13,15). The van der Waals surface area contributed by atoms with Gasteiger partial charge in [-0.15, -0.1) is 0 Å². The Bertz CT molecular complexity index is 529. The van der Waals surface area contributed by atoms with Gasteiger partial charge in [-0.1, -0.05) is 11.3 Å². The van der Waals surface area contributed by atoms with Gasteiger partial charge in [-0.05, 0) is 28.1 Å². The molecule has 1 amide bonds. The lowest BCUT2D eigenvalue weighted by atomic mass is 10.3. The van der Waals surface area contributed by atoms with Crippen molar-refractivity contribution < 1.29 is 9.90 Å². The zero-order valence-corrected chi connectivity index (χ0v) is 10.2. The van der Waals surface area contributed by atoms with Crippen LogP contribution in [0.15, 0.2) is 28.3 Å². The molecule has 0 atom stereocenters.